The first-order chi connectivity index (χ1) is 7.22. The van der Waals surface area contributed by atoms with Crippen LogP contribution in [-0.2, 0) is 6.61 Å². The number of aromatic nitrogens is 2. The van der Waals surface area contributed by atoms with Crippen LogP contribution in [0.2, 0.25) is 10.2 Å². The topological polar surface area (TPSA) is 46.0 Å². The smallest absolute Gasteiger partial charge is 0.149 e. The SMILES string of the molecule is OCc1cc(Cl)cnc1-c1scnc1Cl. The first-order valence-electron chi connectivity index (χ1n) is 4.07. The van der Waals surface area contributed by atoms with E-state index in [-0.39, 0.29) is 6.61 Å². The van der Waals surface area contributed by atoms with E-state index < -0.39 is 0 Å². The van der Waals surface area contributed by atoms with Gasteiger partial charge in [0.2, 0.25) is 0 Å². The van der Waals surface area contributed by atoms with E-state index in [0.29, 0.717) is 21.4 Å². The first-order valence-corrected chi connectivity index (χ1v) is 5.70. The van der Waals surface area contributed by atoms with Crippen LogP contribution in [0.3, 0.4) is 0 Å². The van der Waals surface area contributed by atoms with Crippen LogP contribution in [0.4, 0.5) is 0 Å². The summed E-state index contributed by atoms with van der Waals surface area (Å²) in [7, 11) is 0. The van der Waals surface area contributed by atoms with Gasteiger partial charge in [0.15, 0.2) is 0 Å². The summed E-state index contributed by atoms with van der Waals surface area (Å²) in [5.41, 5.74) is 2.91. The van der Waals surface area contributed by atoms with Gasteiger partial charge in [-0.3, -0.25) is 4.98 Å². The van der Waals surface area contributed by atoms with Crippen LogP contribution in [-0.4, -0.2) is 15.1 Å². The van der Waals surface area contributed by atoms with E-state index in [1.165, 1.54) is 17.5 Å². The monoisotopic (exact) mass is 260 g/mol. The molecule has 2 aromatic rings. The number of nitrogens with zero attached hydrogens (tertiary/aromatic N) is 2. The molecule has 0 radical (unpaired) electrons. The molecule has 0 saturated heterocycles. The molecule has 0 atom stereocenters. The predicted molar refractivity (Wildman–Crippen MR) is 61.3 cm³/mol. The molecule has 78 valence electrons. The minimum absolute atomic E-state index is 0.128. The molecule has 0 unspecified atom stereocenters. The number of aliphatic hydroxyl groups is 1. The molecule has 0 aromatic carbocycles. The van der Waals surface area contributed by atoms with E-state index in [0.717, 1.165) is 4.88 Å². The zero-order valence-corrected chi connectivity index (χ0v) is 9.77. The van der Waals surface area contributed by atoms with E-state index in [1.807, 2.05) is 0 Å². The number of thiazole rings is 1. The average molecular weight is 261 g/mol. The Kier molecular flexibility index (Phi) is 3.21. The fourth-order valence-corrected chi connectivity index (χ4v) is 2.41. The van der Waals surface area contributed by atoms with Crippen molar-refractivity contribution < 1.29 is 5.11 Å². The molecular weight excluding hydrogens is 255 g/mol. The maximum atomic E-state index is 9.18. The summed E-state index contributed by atoms with van der Waals surface area (Å²) >= 11 is 13.0. The average Bonchev–Trinajstić information content (AvgIpc) is 2.64. The van der Waals surface area contributed by atoms with Gasteiger partial charge in [-0.15, -0.1) is 11.3 Å². The van der Waals surface area contributed by atoms with Crippen molar-refractivity contribution in [3.8, 4) is 10.6 Å². The van der Waals surface area contributed by atoms with Crippen LogP contribution >= 0.6 is 34.5 Å². The number of pyridine rings is 1. The molecule has 6 heteroatoms. The van der Waals surface area contributed by atoms with Gasteiger partial charge in [-0.1, -0.05) is 23.2 Å². The lowest BCUT2D eigenvalue weighted by molar-refractivity contribution is 0.282. The summed E-state index contributed by atoms with van der Waals surface area (Å²) in [6, 6.07) is 1.67. The van der Waals surface area contributed by atoms with Crippen molar-refractivity contribution in [1.82, 2.24) is 9.97 Å². The predicted octanol–water partition coefficient (Wildman–Crippen LogP) is 3.00. The highest BCUT2D eigenvalue weighted by molar-refractivity contribution is 7.13. The Morgan fingerprint density at radius 1 is 1.33 bits per heavy atom. The molecule has 0 spiro atoms. The van der Waals surface area contributed by atoms with Crippen LogP contribution in [0.15, 0.2) is 17.8 Å². The lowest BCUT2D eigenvalue weighted by atomic mass is 10.2. The van der Waals surface area contributed by atoms with Crippen LogP contribution in [0.25, 0.3) is 10.6 Å². The second-order valence-corrected chi connectivity index (χ2v) is 4.44. The maximum Gasteiger partial charge on any atom is 0.149 e. The quantitative estimate of drug-likeness (QED) is 0.903. The normalized spacial score (nSPS) is 10.6. The molecule has 1 N–H and O–H groups in total. The molecule has 0 aliphatic heterocycles. The third-order valence-electron chi connectivity index (χ3n) is 1.84. The molecule has 0 fully saturated rings. The highest BCUT2D eigenvalue weighted by Crippen LogP contribution is 2.32. The van der Waals surface area contributed by atoms with E-state index in [2.05, 4.69) is 9.97 Å². The van der Waals surface area contributed by atoms with E-state index in [1.54, 1.807) is 11.6 Å². The Morgan fingerprint density at radius 2 is 2.13 bits per heavy atom. The van der Waals surface area contributed by atoms with Crippen molar-refractivity contribution in [2.75, 3.05) is 0 Å². The maximum absolute atomic E-state index is 9.18. The van der Waals surface area contributed by atoms with E-state index in [4.69, 9.17) is 23.2 Å². The van der Waals surface area contributed by atoms with Gasteiger partial charge >= 0.3 is 0 Å². The highest BCUT2D eigenvalue weighted by Gasteiger charge is 2.12. The molecular formula is C9H6Cl2N2OS. The summed E-state index contributed by atoms with van der Waals surface area (Å²) in [6.07, 6.45) is 1.52. The van der Waals surface area contributed by atoms with Crippen molar-refractivity contribution in [2.45, 2.75) is 6.61 Å². The molecule has 0 saturated carbocycles. The van der Waals surface area contributed by atoms with E-state index in [9.17, 15) is 5.11 Å². The zero-order chi connectivity index (χ0) is 10.8. The lowest BCUT2D eigenvalue weighted by Gasteiger charge is -2.04. The zero-order valence-electron chi connectivity index (χ0n) is 7.44. The highest BCUT2D eigenvalue weighted by atomic mass is 35.5. The number of aliphatic hydroxyl groups excluding tert-OH is 1. The molecule has 0 bridgehead atoms. The molecule has 2 aromatic heterocycles. The summed E-state index contributed by atoms with van der Waals surface area (Å²) in [4.78, 5) is 8.81. The molecule has 0 aliphatic carbocycles. The Morgan fingerprint density at radius 3 is 2.73 bits per heavy atom. The van der Waals surface area contributed by atoms with Crippen molar-refractivity contribution in [2.24, 2.45) is 0 Å². The summed E-state index contributed by atoms with van der Waals surface area (Å²) in [5.74, 6) is 0. The molecule has 0 amide bonds. The third kappa shape index (κ3) is 2.13. The van der Waals surface area contributed by atoms with Gasteiger partial charge in [-0.05, 0) is 6.07 Å². The molecule has 15 heavy (non-hydrogen) atoms. The minimum atomic E-state index is -0.128. The largest absolute Gasteiger partial charge is 0.392 e. The second kappa shape index (κ2) is 4.45. The Balaban J connectivity index is 2.58. The van der Waals surface area contributed by atoms with Gasteiger partial charge in [0, 0.05) is 11.8 Å². The summed E-state index contributed by atoms with van der Waals surface area (Å²) < 4.78 is 0. The lowest BCUT2D eigenvalue weighted by Crippen LogP contribution is -1.92. The van der Waals surface area contributed by atoms with Crippen molar-refractivity contribution >= 4 is 34.5 Å². The molecule has 3 nitrogen and oxygen atoms in total. The van der Waals surface area contributed by atoms with Gasteiger partial charge in [0.05, 0.1) is 27.7 Å². The molecule has 2 heterocycles. The molecule has 0 aliphatic rings. The van der Waals surface area contributed by atoms with Gasteiger partial charge < -0.3 is 5.11 Å². The Bertz CT molecular complexity index is 487. The van der Waals surface area contributed by atoms with Crippen molar-refractivity contribution in [3.63, 3.8) is 0 Å². The van der Waals surface area contributed by atoms with E-state index >= 15 is 0 Å². The fourth-order valence-electron chi connectivity index (χ4n) is 1.19. The van der Waals surface area contributed by atoms with Crippen LogP contribution < -0.4 is 0 Å². The minimum Gasteiger partial charge on any atom is -0.392 e. The fraction of sp³-hybridized carbons (Fsp3) is 0.111. The van der Waals surface area contributed by atoms with Gasteiger partial charge in [0.1, 0.15) is 5.15 Å². The first kappa shape index (κ1) is 10.8. The standard InChI is InChI=1S/C9H6Cl2N2OS/c10-6-1-5(3-14)7(12-2-6)8-9(11)13-4-15-8/h1-2,4,14H,3H2. The Labute approximate surface area is 100 Å². The third-order valence-corrected chi connectivity index (χ3v) is 3.28. The summed E-state index contributed by atoms with van der Waals surface area (Å²) in [6.45, 7) is -0.128. The number of halogens is 2. The number of hydrogen-bond donors (Lipinski definition) is 1. The van der Waals surface area contributed by atoms with Crippen LogP contribution in [0.1, 0.15) is 5.56 Å². The summed E-state index contributed by atoms with van der Waals surface area (Å²) in [5, 5.41) is 10.1. The molecule has 2 rings (SSSR count). The van der Waals surface area contributed by atoms with Crippen molar-refractivity contribution in [1.29, 1.82) is 0 Å². The van der Waals surface area contributed by atoms with Crippen LogP contribution in [0.5, 0.6) is 0 Å². The second-order valence-electron chi connectivity index (χ2n) is 2.79. The van der Waals surface area contributed by atoms with Gasteiger partial charge in [-0.2, -0.15) is 0 Å². The number of rotatable bonds is 2. The Hall–Kier alpha value is -0.680. The van der Waals surface area contributed by atoms with Crippen molar-refractivity contribution in [3.05, 3.63) is 33.5 Å². The van der Waals surface area contributed by atoms with Gasteiger partial charge in [0.25, 0.3) is 0 Å². The number of hydrogen-bond acceptors (Lipinski definition) is 4. The van der Waals surface area contributed by atoms with Gasteiger partial charge in [-0.25, -0.2) is 4.98 Å². The van der Waals surface area contributed by atoms with Crippen LogP contribution in [0, 0.1) is 0 Å².